The van der Waals surface area contributed by atoms with E-state index in [1.165, 1.54) is 12.1 Å². The molecule has 0 radical (unpaired) electrons. The van der Waals surface area contributed by atoms with Crippen LogP contribution >= 0.6 is 11.6 Å². The van der Waals surface area contributed by atoms with Crippen LogP contribution in [0.1, 0.15) is 0 Å². The van der Waals surface area contributed by atoms with Crippen molar-refractivity contribution in [1.82, 2.24) is 0 Å². The zero-order chi connectivity index (χ0) is 14.6. The molecular formula is C9H5ClN4O4S. The van der Waals surface area contributed by atoms with Crippen LogP contribution in [0, 0.1) is 22.7 Å². The molecule has 1 rings (SSSR count). The molecule has 0 fully saturated rings. The van der Waals surface area contributed by atoms with Crippen LogP contribution in [0.5, 0.6) is 5.75 Å². The second-order valence-corrected chi connectivity index (χ2v) is 4.90. The molecule has 0 saturated heterocycles. The van der Waals surface area contributed by atoms with Crippen molar-refractivity contribution in [3.8, 4) is 17.9 Å². The number of nitriles is 2. The van der Waals surface area contributed by atoms with Crippen LogP contribution in [-0.4, -0.2) is 23.8 Å². The summed E-state index contributed by atoms with van der Waals surface area (Å²) < 4.78 is 30.8. The van der Waals surface area contributed by atoms with E-state index in [1.54, 1.807) is 0 Å². The van der Waals surface area contributed by atoms with Crippen molar-refractivity contribution in [3.05, 3.63) is 17.2 Å². The number of aromatic hydroxyl groups is 1. The van der Waals surface area contributed by atoms with E-state index in [0.29, 0.717) is 0 Å². The van der Waals surface area contributed by atoms with Gasteiger partial charge in [0.05, 0.1) is 0 Å². The van der Waals surface area contributed by atoms with Gasteiger partial charge in [-0.1, -0.05) is 11.6 Å². The first kappa shape index (κ1) is 14.7. The Hall–Kier alpha value is -2.33. The molecule has 1 aromatic carbocycles. The quantitative estimate of drug-likeness (QED) is 0.328. The van der Waals surface area contributed by atoms with Gasteiger partial charge in [0.1, 0.15) is 22.7 Å². The van der Waals surface area contributed by atoms with E-state index in [9.17, 15) is 13.5 Å². The molecule has 0 atom stereocenters. The van der Waals surface area contributed by atoms with Crippen LogP contribution < -0.4 is 5.43 Å². The van der Waals surface area contributed by atoms with Crippen LogP contribution in [0.25, 0.3) is 0 Å². The van der Waals surface area contributed by atoms with Gasteiger partial charge in [0.25, 0.3) is 10.1 Å². The molecule has 0 aliphatic heterocycles. The zero-order valence-corrected chi connectivity index (χ0v) is 10.6. The third-order valence-corrected chi connectivity index (χ3v) is 2.90. The highest BCUT2D eigenvalue weighted by atomic mass is 35.5. The molecule has 0 aliphatic rings. The molecule has 0 aliphatic carbocycles. The normalized spacial score (nSPS) is 10.1. The fraction of sp³-hybridized carbons (Fsp3) is 0. The molecule has 19 heavy (non-hydrogen) atoms. The molecule has 8 nitrogen and oxygen atoms in total. The summed E-state index contributed by atoms with van der Waals surface area (Å²) in [5.74, 6) is -0.842. The van der Waals surface area contributed by atoms with E-state index < -0.39 is 26.5 Å². The predicted molar refractivity (Wildman–Crippen MR) is 65.2 cm³/mol. The Morgan fingerprint density at radius 2 is 1.95 bits per heavy atom. The number of anilines is 1. The lowest BCUT2D eigenvalue weighted by Gasteiger charge is -2.07. The number of nitrogens with one attached hydrogen (secondary N) is 1. The van der Waals surface area contributed by atoms with Gasteiger partial charge < -0.3 is 5.11 Å². The highest BCUT2D eigenvalue weighted by Crippen LogP contribution is 2.34. The predicted octanol–water partition coefficient (Wildman–Crippen LogP) is 1.11. The molecule has 0 heterocycles. The van der Waals surface area contributed by atoms with E-state index in [0.717, 1.165) is 12.1 Å². The fourth-order valence-electron chi connectivity index (χ4n) is 1.05. The molecule has 0 bridgehead atoms. The lowest BCUT2D eigenvalue weighted by atomic mass is 10.3. The minimum atomic E-state index is -4.68. The second kappa shape index (κ2) is 5.54. The number of hydrogen-bond acceptors (Lipinski definition) is 7. The van der Waals surface area contributed by atoms with Gasteiger partial charge in [-0.3, -0.25) is 9.98 Å². The molecule has 3 N–H and O–H groups in total. The highest BCUT2D eigenvalue weighted by Gasteiger charge is 2.19. The first-order valence-corrected chi connectivity index (χ1v) is 6.25. The molecule has 10 heteroatoms. The van der Waals surface area contributed by atoms with Gasteiger partial charge >= 0.3 is 0 Å². The Labute approximate surface area is 112 Å². The number of nitrogens with zero attached hydrogens (tertiary/aromatic N) is 3. The topological polar surface area (TPSA) is 147 Å². The molecule has 1 aromatic rings. The van der Waals surface area contributed by atoms with Crippen molar-refractivity contribution < 1.29 is 18.1 Å². The summed E-state index contributed by atoms with van der Waals surface area (Å²) in [5.41, 5.74) is 1.26. The molecule has 0 aromatic heterocycles. The second-order valence-electron chi connectivity index (χ2n) is 3.07. The number of rotatable bonds is 3. The third-order valence-electron chi connectivity index (χ3n) is 1.82. The molecule has 0 saturated carbocycles. The van der Waals surface area contributed by atoms with Gasteiger partial charge in [-0.05, 0) is 12.1 Å². The molecule has 0 spiro atoms. The van der Waals surface area contributed by atoms with Crippen molar-refractivity contribution in [2.24, 2.45) is 5.10 Å². The van der Waals surface area contributed by atoms with Gasteiger partial charge in [0.15, 0.2) is 5.75 Å². The standard InChI is InChI=1S/C9H5ClN4O4S/c10-5-1-7(14-13-6(3-11)4-12)9(15)8(2-5)19(16,17)18/h1-2,14-15H,(H,16,17,18). The van der Waals surface area contributed by atoms with E-state index in [1.807, 2.05) is 0 Å². The average molecular weight is 301 g/mol. The van der Waals surface area contributed by atoms with Crippen molar-refractivity contribution in [2.75, 3.05) is 5.43 Å². The first-order chi connectivity index (χ1) is 8.79. The average Bonchev–Trinajstić information content (AvgIpc) is 2.32. The number of phenolic OH excluding ortho intramolecular Hbond substituents is 1. The first-order valence-electron chi connectivity index (χ1n) is 4.43. The van der Waals surface area contributed by atoms with E-state index in [-0.39, 0.29) is 10.7 Å². The van der Waals surface area contributed by atoms with Crippen LogP contribution in [0.4, 0.5) is 5.69 Å². The van der Waals surface area contributed by atoms with Crippen LogP contribution in [0.2, 0.25) is 5.02 Å². The smallest absolute Gasteiger partial charge is 0.298 e. The third kappa shape index (κ3) is 3.56. The maximum absolute atomic E-state index is 11.0. The Morgan fingerprint density at radius 3 is 2.42 bits per heavy atom. The molecule has 0 amide bonds. The molecular weight excluding hydrogens is 296 g/mol. The Bertz CT molecular complexity index is 714. The number of halogens is 1. The lowest BCUT2D eigenvalue weighted by molar-refractivity contribution is 0.445. The summed E-state index contributed by atoms with van der Waals surface area (Å²) in [6.45, 7) is 0. The van der Waals surface area contributed by atoms with Gasteiger partial charge in [-0.15, -0.1) is 0 Å². The zero-order valence-electron chi connectivity index (χ0n) is 8.99. The van der Waals surface area contributed by atoms with Crippen molar-refractivity contribution in [3.63, 3.8) is 0 Å². The summed E-state index contributed by atoms with van der Waals surface area (Å²) in [6, 6.07) is 4.82. The lowest BCUT2D eigenvalue weighted by Crippen LogP contribution is -2.02. The Balaban J connectivity index is 3.33. The van der Waals surface area contributed by atoms with Crippen LogP contribution in [0.3, 0.4) is 0 Å². The minimum Gasteiger partial charge on any atom is -0.504 e. The van der Waals surface area contributed by atoms with Crippen molar-refractivity contribution >= 4 is 33.1 Å². The maximum Gasteiger partial charge on any atom is 0.298 e. The summed E-state index contributed by atoms with van der Waals surface area (Å²) in [7, 11) is -4.68. The largest absolute Gasteiger partial charge is 0.504 e. The van der Waals surface area contributed by atoms with Crippen LogP contribution in [0.15, 0.2) is 22.1 Å². The SMILES string of the molecule is N#CC(C#N)=NNc1cc(Cl)cc(S(=O)(=O)O)c1O. The maximum atomic E-state index is 11.0. The van der Waals surface area contributed by atoms with E-state index in [4.69, 9.17) is 26.7 Å². The van der Waals surface area contributed by atoms with Gasteiger partial charge in [-0.2, -0.15) is 24.0 Å². The Kier molecular flexibility index (Phi) is 4.30. The monoisotopic (exact) mass is 300 g/mol. The van der Waals surface area contributed by atoms with Crippen molar-refractivity contribution in [2.45, 2.75) is 4.90 Å². The number of hydrazone groups is 1. The number of phenols is 1. The summed E-state index contributed by atoms with van der Waals surface area (Å²) >= 11 is 5.61. The van der Waals surface area contributed by atoms with Gasteiger partial charge in [-0.25, -0.2) is 0 Å². The van der Waals surface area contributed by atoms with E-state index >= 15 is 0 Å². The van der Waals surface area contributed by atoms with Gasteiger partial charge in [0, 0.05) is 5.02 Å². The summed E-state index contributed by atoms with van der Waals surface area (Å²) in [4.78, 5) is -0.826. The van der Waals surface area contributed by atoms with Crippen LogP contribution in [-0.2, 0) is 10.1 Å². The fourth-order valence-corrected chi connectivity index (χ4v) is 1.96. The summed E-state index contributed by atoms with van der Waals surface area (Å²) in [5, 5.41) is 29.7. The Morgan fingerprint density at radius 1 is 1.37 bits per heavy atom. The molecule has 98 valence electrons. The number of benzene rings is 1. The van der Waals surface area contributed by atoms with Crippen molar-refractivity contribution in [1.29, 1.82) is 10.5 Å². The van der Waals surface area contributed by atoms with Gasteiger partial charge in [0.2, 0.25) is 5.71 Å². The highest BCUT2D eigenvalue weighted by molar-refractivity contribution is 7.86. The number of hydrogen-bond donors (Lipinski definition) is 3. The minimum absolute atomic E-state index is 0.112. The van der Waals surface area contributed by atoms with E-state index in [2.05, 4.69) is 10.5 Å². The summed E-state index contributed by atoms with van der Waals surface area (Å²) in [6.07, 6.45) is 0. The molecule has 0 unspecified atom stereocenters.